The van der Waals surface area contributed by atoms with Crippen LogP contribution in [0.4, 0.5) is 0 Å². The Morgan fingerprint density at radius 2 is 1.88 bits per heavy atom. The molecule has 1 aromatic rings. The van der Waals surface area contributed by atoms with Crippen LogP contribution in [0.1, 0.15) is 31.1 Å². The zero-order valence-electron chi connectivity index (χ0n) is 14.0. The van der Waals surface area contributed by atoms with Gasteiger partial charge in [-0.25, -0.2) is 13.2 Å². The third-order valence-corrected chi connectivity index (χ3v) is 5.44. The molecule has 9 heteroatoms. The number of esters is 1. The lowest BCUT2D eigenvalue weighted by Gasteiger charge is -2.23. The van der Waals surface area contributed by atoms with Crippen LogP contribution in [-0.4, -0.2) is 51.4 Å². The van der Waals surface area contributed by atoms with E-state index < -0.39 is 22.0 Å². The summed E-state index contributed by atoms with van der Waals surface area (Å²) in [4.78, 5) is 25.0. The molecule has 0 spiro atoms. The summed E-state index contributed by atoms with van der Waals surface area (Å²) in [6.07, 6.45) is 0. The van der Waals surface area contributed by atoms with E-state index in [4.69, 9.17) is 11.6 Å². The van der Waals surface area contributed by atoms with Crippen molar-refractivity contribution in [2.45, 2.75) is 31.7 Å². The Bertz CT molecular complexity index is 717. The molecule has 0 aromatic heterocycles. The molecule has 1 rings (SSSR count). The number of nitrogens with zero attached hydrogens (tertiary/aromatic N) is 1. The van der Waals surface area contributed by atoms with Crippen molar-refractivity contribution in [1.82, 2.24) is 9.62 Å². The monoisotopic (exact) mass is 376 g/mol. The highest BCUT2D eigenvalue weighted by Gasteiger charge is 2.27. The Balaban J connectivity index is 3.12. The third kappa shape index (κ3) is 4.68. The first-order chi connectivity index (χ1) is 11.2. The van der Waals surface area contributed by atoms with Crippen LogP contribution in [0.3, 0.4) is 0 Å². The Kier molecular flexibility index (Phi) is 7.19. The molecule has 134 valence electrons. The molecule has 1 amide bonds. The van der Waals surface area contributed by atoms with Crippen LogP contribution in [0.25, 0.3) is 0 Å². The number of likely N-dealkylation sites (N-methyl/N-ethyl adjacent to an activating group) is 1. The van der Waals surface area contributed by atoms with E-state index in [1.807, 2.05) is 0 Å². The fraction of sp³-hybridized carbons (Fsp3) is 0.467. The Morgan fingerprint density at radius 3 is 2.38 bits per heavy atom. The van der Waals surface area contributed by atoms with Gasteiger partial charge in [0, 0.05) is 13.1 Å². The summed E-state index contributed by atoms with van der Waals surface area (Å²) in [7, 11) is -2.90. The minimum Gasteiger partial charge on any atom is -0.465 e. The van der Waals surface area contributed by atoms with E-state index in [0.29, 0.717) is 13.1 Å². The molecular formula is C15H21ClN2O5S. The summed E-state index contributed by atoms with van der Waals surface area (Å²) in [5.74, 6) is -1.03. The number of methoxy groups -OCH3 is 1. The molecule has 1 aromatic carbocycles. The van der Waals surface area contributed by atoms with Crippen molar-refractivity contribution in [3.05, 3.63) is 28.8 Å². The van der Waals surface area contributed by atoms with Gasteiger partial charge in [0.15, 0.2) is 0 Å². The van der Waals surface area contributed by atoms with Crippen LogP contribution in [0, 0.1) is 0 Å². The quantitative estimate of drug-likeness (QED) is 0.730. The van der Waals surface area contributed by atoms with Gasteiger partial charge in [0.05, 0.1) is 23.7 Å². The molecule has 0 saturated heterocycles. The van der Waals surface area contributed by atoms with Gasteiger partial charge in [-0.05, 0) is 39.0 Å². The maximum atomic E-state index is 12.5. The highest BCUT2D eigenvalue weighted by molar-refractivity contribution is 7.89. The predicted octanol–water partition coefficient (Wildman–Crippen LogP) is 1.66. The lowest BCUT2D eigenvalue weighted by molar-refractivity contribution is -0.132. The van der Waals surface area contributed by atoms with E-state index >= 15 is 0 Å². The summed E-state index contributed by atoms with van der Waals surface area (Å²) in [6, 6.07) is 2.80. The number of rotatable bonds is 7. The van der Waals surface area contributed by atoms with Gasteiger partial charge in [-0.2, -0.15) is 4.72 Å². The molecule has 1 N–H and O–H groups in total. The molecule has 1 atom stereocenters. The third-order valence-electron chi connectivity index (χ3n) is 3.42. The van der Waals surface area contributed by atoms with Crippen molar-refractivity contribution in [3.63, 3.8) is 0 Å². The molecule has 0 saturated carbocycles. The number of halogens is 1. The number of sulfonamides is 1. The molecule has 24 heavy (non-hydrogen) atoms. The zero-order chi connectivity index (χ0) is 18.5. The summed E-state index contributed by atoms with van der Waals surface area (Å²) in [6.45, 7) is 6.01. The largest absolute Gasteiger partial charge is 0.465 e. The Labute approximate surface area is 147 Å². The number of benzene rings is 1. The van der Waals surface area contributed by atoms with E-state index in [1.54, 1.807) is 13.8 Å². The van der Waals surface area contributed by atoms with Gasteiger partial charge >= 0.3 is 5.97 Å². The molecule has 0 bridgehead atoms. The average molecular weight is 377 g/mol. The number of ether oxygens (including phenoxy) is 1. The molecule has 0 aliphatic rings. The summed E-state index contributed by atoms with van der Waals surface area (Å²) >= 11 is 5.94. The van der Waals surface area contributed by atoms with E-state index in [1.165, 1.54) is 31.1 Å². The Morgan fingerprint density at radius 1 is 1.29 bits per heavy atom. The first-order valence-corrected chi connectivity index (χ1v) is 9.23. The van der Waals surface area contributed by atoms with E-state index in [-0.39, 0.29) is 21.4 Å². The van der Waals surface area contributed by atoms with Gasteiger partial charge in [-0.1, -0.05) is 11.6 Å². The highest BCUT2D eigenvalue weighted by Crippen LogP contribution is 2.23. The maximum absolute atomic E-state index is 12.5. The van der Waals surface area contributed by atoms with E-state index in [2.05, 4.69) is 9.46 Å². The van der Waals surface area contributed by atoms with Crippen LogP contribution in [0.15, 0.2) is 23.1 Å². The number of carbonyl (C=O) groups is 2. The SMILES string of the molecule is CCN(CC)C(=O)C(C)NS(=O)(=O)c1cc(C(=O)OC)ccc1Cl. The van der Waals surface area contributed by atoms with Crippen molar-refractivity contribution in [3.8, 4) is 0 Å². The Hall–Kier alpha value is -1.64. The highest BCUT2D eigenvalue weighted by atomic mass is 35.5. The van der Waals surface area contributed by atoms with Crippen LogP contribution < -0.4 is 4.72 Å². The zero-order valence-corrected chi connectivity index (χ0v) is 15.6. The van der Waals surface area contributed by atoms with Gasteiger partial charge in [-0.3, -0.25) is 4.79 Å². The van der Waals surface area contributed by atoms with Crippen molar-refractivity contribution >= 4 is 33.5 Å². The van der Waals surface area contributed by atoms with Crippen LogP contribution in [0.5, 0.6) is 0 Å². The molecule has 0 fully saturated rings. The van der Waals surface area contributed by atoms with Gasteiger partial charge < -0.3 is 9.64 Å². The minimum atomic E-state index is -4.09. The number of amides is 1. The number of hydrogen-bond acceptors (Lipinski definition) is 5. The van der Waals surface area contributed by atoms with Crippen LogP contribution >= 0.6 is 11.6 Å². The molecule has 0 aliphatic heterocycles. The standard InChI is InChI=1S/C15H21ClN2O5S/c1-5-18(6-2)14(19)10(3)17-24(21,22)13-9-11(15(20)23-4)7-8-12(13)16/h7-10,17H,5-6H2,1-4H3. The summed E-state index contributed by atoms with van der Waals surface area (Å²) < 4.78 is 31.9. The lowest BCUT2D eigenvalue weighted by atomic mass is 10.2. The van der Waals surface area contributed by atoms with Crippen molar-refractivity contribution in [1.29, 1.82) is 0 Å². The fourth-order valence-corrected chi connectivity index (χ4v) is 3.83. The normalized spacial score (nSPS) is 12.5. The van der Waals surface area contributed by atoms with Crippen molar-refractivity contribution in [2.24, 2.45) is 0 Å². The molecule has 0 heterocycles. The fourth-order valence-electron chi connectivity index (χ4n) is 2.11. The van der Waals surface area contributed by atoms with Gasteiger partial charge in [0.1, 0.15) is 4.90 Å². The second-order valence-electron chi connectivity index (χ2n) is 4.99. The number of hydrogen-bond donors (Lipinski definition) is 1. The molecule has 7 nitrogen and oxygen atoms in total. The van der Waals surface area contributed by atoms with E-state index in [0.717, 1.165) is 6.07 Å². The predicted molar refractivity (Wildman–Crippen MR) is 90.5 cm³/mol. The van der Waals surface area contributed by atoms with Crippen LogP contribution in [-0.2, 0) is 19.6 Å². The number of carbonyl (C=O) groups excluding carboxylic acids is 2. The maximum Gasteiger partial charge on any atom is 0.337 e. The van der Waals surface area contributed by atoms with Crippen molar-refractivity contribution in [2.75, 3.05) is 20.2 Å². The summed E-state index contributed by atoms with van der Waals surface area (Å²) in [5.41, 5.74) is 0.0463. The molecule has 0 aliphatic carbocycles. The second-order valence-corrected chi connectivity index (χ2v) is 7.08. The molecule has 0 radical (unpaired) electrons. The van der Waals surface area contributed by atoms with E-state index in [9.17, 15) is 18.0 Å². The summed E-state index contributed by atoms with van der Waals surface area (Å²) in [5, 5.41) is -0.0577. The minimum absolute atomic E-state index is 0.0463. The molecule has 1 unspecified atom stereocenters. The van der Waals surface area contributed by atoms with Gasteiger partial charge in [0.2, 0.25) is 15.9 Å². The van der Waals surface area contributed by atoms with Crippen molar-refractivity contribution < 1.29 is 22.7 Å². The smallest absolute Gasteiger partial charge is 0.337 e. The molecular weight excluding hydrogens is 356 g/mol. The van der Waals surface area contributed by atoms with Crippen LogP contribution in [0.2, 0.25) is 5.02 Å². The lowest BCUT2D eigenvalue weighted by Crippen LogP contribution is -2.46. The first-order valence-electron chi connectivity index (χ1n) is 7.36. The number of nitrogens with one attached hydrogen (secondary N) is 1. The average Bonchev–Trinajstić information content (AvgIpc) is 2.54. The second kappa shape index (κ2) is 8.46. The first kappa shape index (κ1) is 20.4. The topological polar surface area (TPSA) is 92.8 Å². The van der Waals surface area contributed by atoms with Gasteiger partial charge in [-0.15, -0.1) is 0 Å². The van der Waals surface area contributed by atoms with Gasteiger partial charge in [0.25, 0.3) is 0 Å².